The van der Waals surface area contributed by atoms with Crippen molar-refractivity contribution in [3.8, 4) is 0 Å². The molecule has 1 amide bonds. The van der Waals surface area contributed by atoms with Crippen molar-refractivity contribution < 1.29 is 13.2 Å². The molecule has 1 aromatic rings. The summed E-state index contributed by atoms with van der Waals surface area (Å²) in [5, 5.41) is 7.06. The van der Waals surface area contributed by atoms with E-state index in [1.807, 2.05) is 18.7 Å². The lowest BCUT2D eigenvalue weighted by molar-refractivity contribution is -0.132. The van der Waals surface area contributed by atoms with E-state index in [1.54, 1.807) is 0 Å². The van der Waals surface area contributed by atoms with E-state index < -0.39 is 10.0 Å². The third-order valence-corrected chi connectivity index (χ3v) is 4.86. The smallest absolute Gasteiger partial charge is 0.222 e. The van der Waals surface area contributed by atoms with Gasteiger partial charge in [0.2, 0.25) is 15.9 Å². The first-order valence-corrected chi connectivity index (χ1v) is 9.41. The number of likely N-dealkylation sites (tertiary alicyclic amines) is 1. The number of amides is 1. The van der Waals surface area contributed by atoms with Gasteiger partial charge in [0.1, 0.15) is 0 Å². The summed E-state index contributed by atoms with van der Waals surface area (Å²) in [5.74, 6) is 0.123. The highest BCUT2D eigenvalue weighted by molar-refractivity contribution is 7.88. The standard InChI is InChI=1S/C14H24N4O3S/c1-10-13(11(2)16-15-10)4-5-14(19)18-8-6-12(7-9-18)17-22(3,20)21/h12,17H,4-9H2,1-3H3,(H,15,16). The summed E-state index contributed by atoms with van der Waals surface area (Å²) in [7, 11) is -3.17. The summed E-state index contributed by atoms with van der Waals surface area (Å²) in [5.41, 5.74) is 3.07. The van der Waals surface area contributed by atoms with Crippen molar-refractivity contribution in [2.24, 2.45) is 0 Å². The van der Waals surface area contributed by atoms with Gasteiger partial charge in [-0.1, -0.05) is 0 Å². The number of piperidine rings is 1. The summed E-state index contributed by atoms with van der Waals surface area (Å²) in [4.78, 5) is 14.1. The molecule has 8 heteroatoms. The van der Waals surface area contributed by atoms with Crippen molar-refractivity contribution in [3.63, 3.8) is 0 Å². The summed E-state index contributed by atoms with van der Waals surface area (Å²) in [6.07, 6.45) is 3.66. The highest BCUT2D eigenvalue weighted by atomic mass is 32.2. The second kappa shape index (κ2) is 6.78. The zero-order chi connectivity index (χ0) is 16.3. The first-order chi connectivity index (χ1) is 10.3. The molecule has 1 fully saturated rings. The van der Waals surface area contributed by atoms with E-state index in [9.17, 15) is 13.2 Å². The molecule has 2 N–H and O–H groups in total. The number of aryl methyl sites for hydroxylation is 2. The lowest BCUT2D eigenvalue weighted by Gasteiger charge is -2.32. The maximum absolute atomic E-state index is 12.3. The Kier molecular flexibility index (Phi) is 5.23. The highest BCUT2D eigenvalue weighted by Crippen LogP contribution is 2.15. The minimum atomic E-state index is -3.17. The number of nitrogens with one attached hydrogen (secondary N) is 2. The Labute approximate surface area is 131 Å². The number of aromatic amines is 1. The van der Waals surface area contributed by atoms with Gasteiger partial charge in [-0.15, -0.1) is 0 Å². The second-order valence-electron chi connectivity index (χ2n) is 5.96. The van der Waals surface area contributed by atoms with Gasteiger partial charge in [0.15, 0.2) is 0 Å². The van der Waals surface area contributed by atoms with Gasteiger partial charge in [0.25, 0.3) is 0 Å². The molecule has 0 unspecified atom stereocenters. The van der Waals surface area contributed by atoms with Gasteiger partial charge in [-0.05, 0) is 38.7 Å². The van der Waals surface area contributed by atoms with Gasteiger partial charge < -0.3 is 4.90 Å². The molecule has 0 radical (unpaired) electrons. The number of hydrogen-bond acceptors (Lipinski definition) is 4. The number of H-pyrrole nitrogens is 1. The number of carbonyl (C=O) groups is 1. The first-order valence-electron chi connectivity index (χ1n) is 7.52. The third kappa shape index (κ3) is 4.54. The average molecular weight is 328 g/mol. The van der Waals surface area contributed by atoms with Gasteiger partial charge in [-0.2, -0.15) is 5.10 Å². The van der Waals surface area contributed by atoms with Crippen LogP contribution < -0.4 is 4.72 Å². The Bertz CT molecular complexity index is 611. The predicted molar refractivity (Wildman–Crippen MR) is 84.0 cm³/mol. The number of rotatable bonds is 5. The van der Waals surface area contributed by atoms with Crippen LogP contribution >= 0.6 is 0 Å². The molecule has 1 saturated heterocycles. The van der Waals surface area contributed by atoms with E-state index >= 15 is 0 Å². The lowest BCUT2D eigenvalue weighted by atomic mass is 10.0. The van der Waals surface area contributed by atoms with Crippen molar-refractivity contribution in [2.45, 2.75) is 45.6 Å². The van der Waals surface area contributed by atoms with Crippen molar-refractivity contribution in [3.05, 3.63) is 17.0 Å². The molecule has 22 heavy (non-hydrogen) atoms. The van der Waals surface area contributed by atoms with Crippen molar-refractivity contribution >= 4 is 15.9 Å². The molecule has 2 rings (SSSR count). The fourth-order valence-corrected chi connectivity index (χ4v) is 3.72. The van der Waals surface area contributed by atoms with Crippen LogP contribution in [0.5, 0.6) is 0 Å². The van der Waals surface area contributed by atoms with E-state index in [0.717, 1.165) is 17.0 Å². The van der Waals surface area contributed by atoms with E-state index in [4.69, 9.17) is 0 Å². The molecule has 124 valence electrons. The Morgan fingerprint density at radius 3 is 2.50 bits per heavy atom. The van der Waals surface area contributed by atoms with Crippen LogP contribution in [0.15, 0.2) is 0 Å². The normalized spacial score (nSPS) is 17.0. The number of aromatic nitrogens is 2. The Morgan fingerprint density at radius 1 is 1.36 bits per heavy atom. The Morgan fingerprint density at radius 2 is 2.00 bits per heavy atom. The minimum absolute atomic E-state index is 0.0580. The van der Waals surface area contributed by atoms with Crippen molar-refractivity contribution in [1.82, 2.24) is 19.8 Å². The van der Waals surface area contributed by atoms with Gasteiger partial charge in [-0.3, -0.25) is 9.89 Å². The van der Waals surface area contributed by atoms with Gasteiger partial charge in [-0.25, -0.2) is 13.1 Å². The number of carbonyl (C=O) groups excluding carboxylic acids is 1. The monoisotopic (exact) mass is 328 g/mol. The average Bonchev–Trinajstić information content (AvgIpc) is 2.74. The maximum Gasteiger partial charge on any atom is 0.222 e. The van der Waals surface area contributed by atoms with Gasteiger partial charge in [0, 0.05) is 31.2 Å². The number of nitrogens with zero attached hydrogens (tertiary/aromatic N) is 2. The first kappa shape index (κ1) is 17.0. The van der Waals surface area contributed by atoms with E-state index in [1.165, 1.54) is 6.26 Å². The molecule has 0 spiro atoms. The molecule has 0 aromatic carbocycles. The zero-order valence-electron chi connectivity index (χ0n) is 13.3. The van der Waals surface area contributed by atoms with Crippen LogP contribution in [0.25, 0.3) is 0 Å². The lowest BCUT2D eigenvalue weighted by Crippen LogP contribution is -2.46. The molecule has 0 bridgehead atoms. The van der Waals surface area contributed by atoms with Crippen molar-refractivity contribution in [2.75, 3.05) is 19.3 Å². The molecular formula is C14H24N4O3S. The largest absolute Gasteiger partial charge is 0.343 e. The summed E-state index contributed by atoms with van der Waals surface area (Å²) < 4.78 is 25.0. The maximum atomic E-state index is 12.3. The highest BCUT2D eigenvalue weighted by Gasteiger charge is 2.24. The molecule has 0 saturated carbocycles. The van der Waals surface area contributed by atoms with Crippen LogP contribution in [0.3, 0.4) is 0 Å². The summed E-state index contributed by atoms with van der Waals surface area (Å²) in [6, 6.07) is -0.0580. The van der Waals surface area contributed by atoms with Gasteiger partial charge in [0.05, 0.1) is 11.9 Å². The minimum Gasteiger partial charge on any atom is -0.343 e. The number of hydrogen-bond donors (Lipinski definition) is 2. The van der Waals surface area contributed by atoms with Crippen LogP contribution in [0.2, 0.25) is 0 Å². The Balaban J connectivity index is 1.80. The predicted octanol–water partition coefficient (Wildman–Crippen LogP) is 0.499. The van der Waals surface area contributed by atoms with E-state index in [0.29, 0.717) is 38.8 Å². The fourth-order valence-electron chi connectivity index (χ4n) is 2.88. The molecule has 2 heterocycles. The molecule has 0 aliphatic carbocycles. The Hall–Kier alpha value is -1.41. The fraction of sp³-hybridized carbons (Fsp3) is 0.714. The summed E-state index contributed by atoms with van der Waals surface area (Å²) in [6.45, 7) is 5.11. The SMILES string of the molecule is Cc1n[nH]c(C)c1CCC(=O)N1CCC(NS(C)(=O)=O)CC1. The van der Waals surface area contributed by atoms with E-state index in [2.05, 4.69) is 14.9 Å². The molecule has 0 atom stereocenters. The van der Waals surface area contributed by atoms with Crippen LogP contribution in [0, 0.1) is 13.8 Å². The molecular weight excluding hydrogens is 304 g/mol. The number of sulfonamides is 1. The molecule has 1 aromatic heterocycles. The van der Waals surface area contributed by atoms with Crippen LogP contribution in [0.1, 0.15) is 36.2 Å². The molecule has 1 aliphatic rings. The zero-order valence-corrected chi connectivity index (χ0v) is 14.2. The van der Waals surface area contributed by atoms with Gasteiger partial charge >= 0.3 is 0 Å². The summed E-state index contributed by atoms with van der Waals surface area (Å²) >= 11 is 0. The van der Waals surface area contributed by atoms with Crippen LogP contribution in [0.4, 0.5) is 0 Å². The molecule has 1 aliphatic heterocycles. The van der Waals surface area contributed by atoms with Crippen LogP contribution in [-0.2, 0) is 21.2 Å². The third-order valence-electron chi connectivity index (χ3n) is 4.10. The molecule has 7 nitrogen and oxygen atoms in total. The van der Waals surface area contributed by atoms with Crippen LogP contribution in [-0.4, -0.2) is 54.8 Å². The van der Waals surface area contributed by atoms with E-state index in [-0.39, 0.29) is 11.9 Å². The quantitative estimate of drug-likeness (QED) is 0.823. The second-order valence-corrected chi connectivity index (χ2v) is 7.74. The van der Waals surface area contributed by atoms with Crippen molar-refractivity contribution in [1.29, 1.82) is 0 Å². The topological polar surface area (TPSA) is 95.2 Å².